The van der Waals surface area contributed by atoms with E-state index in [-0.39, 0.29) is 51.4 Å². The van der Waals surface area contributed by atoms with Gasteiger partial charge in [-0.25, -0.2) is 0 Å². The maximum Gasteiger partial charge on any atom is 0.298 e. The van der Waals surface area contributed by atoms with Crippen molar-refractivity contribution < 1.29 is 18.1 Å². The van der Waals surface area contributed by atoms with Crippen molar-refractivity contribution in [3.8, 4) is 5.75 Å². The summed E-state index contributed by atoms with van der Waals surface area (Å²) in [6, 6.07) is 9.47. The van der Waals surface area contributed by atoms with Crippen LogP contribution in [-0.4, -0.2) is 69.5 Å². The summed E-state index contributed by atoms with van der Waals surface area (Å²) < 4.78 is 30.6. The maximum absolute atomic E-state index is 10.9. The quantitative estimate of drug-likeness (QED) is 0.602. The molecule has 0 spiro atoms. The van der Waals surface area contributed by atoms with Gasteiger partial charge in [0, 0.05) is 56.8 Å². The predicted molar refractivity (Wildman–Crippen MR) is 61.2 cm³/mol. The van der Waals surface area contributed by atoms with E-state index in [2.05, 4.69) is 0 Å². The van der Waals surface area contributed by atoms with Gasteiger partial charge in [-0.2, -0.15) is 8.42 Å². The molecule has 0 amide bonds. The van der Waals surface area contributed by atoms with Crippen LogP contribution in [0.25, 0.3) is 10.8 Å². The fourth-order valence-corrected chi connectivity index (χ4v) is 2.04. The molecule has 0 fully saturated rings. The van der Waals surface area contributed by atoms with Crippen LogP contribution < -0.4 is 0 Å². The van der Waals surface area contributed by atoms with E-state index in [0.29, 0.717) is 10.8 Å². The second-order valence-electron chi connectivity index (χ2n) is 3.11. The monoisotopic (exact) mass is 263 g/mol. The summed E-state index contributed by atoms with van der Waals surface area (Å²) in [6.07, 6.45) is 0. The molecule has 2 N–H and O–H groups in total. The number of rotatable bonds is 1. The third-order valence-electron chi connectivity index (χ3n) is 2.14. The van der Waals surface area contributed by atoms with Gasteiger partial charge in [-0.15, -0.1) is 0 Å². The zero-order valence-corrected chi connectivity index (χ0v) is 12.5. The summed E-state index contributed by atoms with van der Waals surface area (Å²) in [7, 11) is -4.37. The van der Waals surface area contributed by atoms with Gasteiger partial charge < -0.3 is 5.11 Å². The molecule has 0 saturated carbocycles. The Morgan fingerprint density at radius 1 is 1.00 bits per heavy atom. The minimum absolute atomic E-state index is 0. The second-order valence-corrected chi connectivity index (χ2v) is 4.50. The number of hydrogen-bond acceptors (Lipinski definition) is 3. The number of aromatic hydroxyl groups is 1. The van der Waals surface area contributed by atoms with Crippen molar-refractivity contribution in [3.05, 3.63) is 36.4 Å². The van der Waals surface area contributed by atoms with Crippen LogP contribution in [0.2, 0.25) is 0 Å². The molecule has 4 nitrogen and oxygen atoms in total. The number of fused-ring (bicyclic) bond motifs is 1. The molecule has 0 unspecified atom stereocenters. The van der Waals surface area contributed by atoms with E-state index in [4.69, 9.17) is 4.55 Å². The van der Waals surface area contributed by atoms with Crippen LogP contribution in [0.4, 0.5) is 0 Å². The van der Waals surface area contributed by atoms with Crippen molar-refractivity contribution in [3.63, 3.8) is 0 Å². The van der Waals surface area contributed by atoms with E-state index in [0.717, 1.165) is 0 Å². The Hall–Kier alpha value is 0.0464. The van der Waals surface area contributed by atoms with Crippen LogP contribution in [0.15, 0.2) is 41.3 Å². The summed E-state index contributed by atoms with van der Waals surface area (Å²) in [5, 5.41) is 10.8. The van der Waals surface area contributed by atoms with Crippen molar-refractivity contribution in [2.75, 3.05) is 0 Å². The maximum atomic E-state index is 10.9. The van der Waals surface area contributed by atoms with Crippen LogP contribution >= 0.6 is 0 Å². The molecule has 0 heterocycles. The summed E-state index contributed by atoms with van der Waals surface area (Å²) >= 11 is 0. The van der Waals surface area contributed by atoms with Crippen LogP contribution in [0.3, 0.4) is 0 Å². The molecule has 2 rings (SSSR count). The Morgan fingerprint density at radius 3 is 2.25 bits per heavy atom. The molecular weight excluding hydrogens is 255 g/mol. The van der Waals surface area contributed by atoms with Gasteiger partial charge in [0.2, 0.25) is 0 Å². The van der Waals surface area contributed by atoms with Gasteiger partial charge >= 0.3 is 0 Å². The summed E-state index contributed by atoms with van der Waals surface area (Å²) in [5.74, 6) is -0.421. The smallest absolute Gasteiger partial charge is 0.298 e. The Kier molecular flexibility index (Phi) is 4.53. The van der Waals surface area contributed by atoms with E-state index in [1.165, 1.54) is 12.1 Å². The Bertz CT molecular complexity index is 622. The summed E-state index contributed by atoms with van der Waals surface area (Å²) in [4.78, 5) is -0.471. The first-order chi connectivity index (χ1) is 7.00. The zero-order chi connectivity index (χ0) is 11.1. The molecule has 2 aromatic carbocycles. The van der Waals surface area contributed by atoms with E-state index < -0.39 is 20.8 Å². The van der Waals surface area contributed by atoms with Crippen molar-refractivity contribution >= 4 is 72.3 Å². The molecule has 1 radical (unpaired) electrons. The van der Waals surface area contributed by atoms with E-state index in [9.17, 15) is 13.5 Å². The first-order valence-electron chi connectivity index (χ1n) is 4.18. The van der Waals surface area contributed by atoms with Gasteiger partial charge in [0.1, 0.15) is 10.6 Å². The first-order valence-corrected chi connectivity index (χ1v) is 5.62. The molecule has 0 aliphatic rings. The average molecular weight is 263 g/mol. The van der Waals surface area contributed by atoms with Crippen molar-refractivity contribution in [1.82, 2.24) is 0 Å². The van der Waals surface area contributed by atoms with Crippen molar-refractivity contribution in [1.29, 1.82) is 0 Å². The molecular formula is C10H8KO4S. The Balaban J connectivity index is 0.00000128. The van der Waals surface area contributed by atoms with Gasteiger partial charge in [-0.3, -0.25) is 4.55 Å². The molecule has 0 aliphatic carbocycles. The number of benzene rings is 2. The van der Waals surface area contributed by atoms with E-state index in [1.54, 1.807) is 24.3 Å². The van der Waals surface area contributed by atoms with E-state index in [1.807, 2.05) is 0 Å². The summed E-state index contributed by atoms with van der Waals surface area (Å²) in [6.45, 7) is 0. The third kappa shape index (κ3) is 2.65. The minimum atomic E-state index is -4.37. The molecule has 6 heteroatoms. The van der Waals surface area contributed by atoms with Crippen molar-refractivity contribution in [2.24, 2.45) is 0 Å². The standard InChI is InChI=1S/C10H8O4S.K/c11-10-8-4-2-1-3-7(8)5-6-9(10)15(12,13)14;/h1-6,11H,(H,12,13,14);. The molecule has 0 aromatic heterocycles. The molecule has 0 atom stereocenters. The van der Waals surface area contributed by atoms with Crippen LogP contribution in [0.5, 0.6) is 5.75 Å². The van der Waals surface area contributed by atoms with Crippen LogP contribution in [0.1, 0.15) is 0 Å². The normalized spacial score (nSPS) is 11.1. The molecule has 0 bridgehead atoms. The van der Waals surface area contributed by atoms with E-state index >= 15 is 0 Å². The Morgan fingerprint density at radius 2 is 1.62 bits per heavy atom. The molecule has 2 aromatic rings. The van der Waals surface area contributed by atoms with Gasteiger partial charge in [0.15, 0.2) is 0 Å². The summed E-state index contributed by atoms with van der Waals surface area (Å²) in [5.41, 5.74) is 0. The van der Waals surface area contributed by atoms with Gasteiger partial charge in [-0.1, -0.05) is 30.3 Å². The first kappa shape index (κ1) is 14.1. The SMILES string of the molecule is O=S(=O)(O)c1ccc2ccccc2c1O.[K]. The molecule has 0 aliphatic heterocycles. The number of phenols is 1. The van der Waals surface area contributed by atoms with Crippen LogP contribution in [-0.2, 0) is 10.1 Å². The van der Waals surface area contributed by atoms with Gasteiger partial charge in [0.25, 0.3) is 10.1 Å². The van der Waals surface area contributed by atoms with Gasteiger partial charge in [0.05, 0.1) is 0 Å². The topological polar surface area (TPSA) is 74.6 Å². The zero-order valence-electron chi connectivity index (χ0n) is 8.58. The molecule has 79 valence electrons. The molecule has 16 heavy (non-hydrogen) atoms. The Labute approximate surface area is 135 Å². The average Bonchev–Trinajstić information content (AvgIpc) is 2.16. The largest absolute Gasteiger partial charge is 0.506 e. The second kappa shape index (κ2) is 5.13. The van der Waals surface area contributed by atoms with Gasteiger partial charge in [-0.05, 0) is 11.5 Å². The fourth-order valence-electron chi connectivity index (χ4n) is 1.44. The minimum Gasteiger partial charge on any atom is -0.506 e. The van der Waals surface area contributed by atoms with Crippen LogP contribution in [0, 0.1) is 0 Å². The predicted octanol–water partition coefficient (Wildman–Crippen LogP) is 1.41. The third-order valence-corrected chi connectivity index (χ3v) is 3.03. The molecule has 0 saturated heterocycles. The number of hydrogen-bond donors (Lipinski definition) is 2. The fraction of sp³-hybridized carbons (Fsp3) is 0. The van der Waals surface area contributed by atoms with Crippen molar-refractivity contribution in [2.45, 2.75) is 4.90 Å². The number of phenolic OH excluding ortho intramolecular Hbond substituents is 1.